The van der Waals surface area contributed by atoms with Crippen LogP contribution in [0.2, 0.25) is 0 Å². The molecule has 0 radical (unpaired) electrons. The van der Waals surface area contributed by atoms with E-state index in [1.807, 2.05) is 12.1 Å². The summed E-state index contributed by atoms with van der Waals surface area (Å²) in [4.78, 5) is 24.5. The molecule has 0 atom stereocenters. The third kappa shape index (κ3) is 8.87. The Morgan fingerprint density at radius 3 is 1.87 bits per heavy atom. The van der Waals surface area contributed by atoms with Crippen molar-refractivity contribution in [2.75, 3.05) is 40.9 Å². The van der Waals surface area contributed by atoms with Crippen LogP contribution in [0.5, 0.6) is 0 Å². The molecule has 0 bridgehead atoms. The predicted octanol–water partition coefficient (Wildman–Crippen LogP) is 6.85. The lowest BCUT2D eigenvalue weighted by molar-refractivity contribution is -0.383. The third-order valence-corrected chi connectivity index (χ3v) is 7.47. The highest BCUT2D eigenvalue weighted by molar-refractivity contribution is 5.93. The summed E-state index contributed by atoms with van der Waals surface area (Å²) in [6.07, 6.45) is 4.79. The fourth-order valence-electron chi connectivity index (χ4n) is 5.25. The zero-order valence-electron chi connectivity index (χ0n) is 26.1. The number of nitro groups is 1. The topological polar surface area (TPSA) is 169 Å². The number of nitro benzene ring substituents is 1. The number of anilines is 4. The molecule has 0 unspecified atom stereocenters. The largest absolute Gasteiger partial charge is 0.383 e. The second kappa shape index (κ2) is 16.1. The average Bonchev–Trinajstić information content (AvgIpc) is 3.55. The summed E-state index contributed by atoms with van der Waals surface area (Å²) in [6, 6.07) is 24.4. The van der Waals surface area contributed by atoms with Gasteiger partial charge in [0.05, 0.1) is 10.6 Å². The summed E-state index contributed by atoms with van der Waals surface area (Å²) < 4.78 is 4.73. The molecule has 13 nitrogen and oxygen atoms in total. The first-order chi connectivity index (χ1) is 22.5. The number of non-ortho nitro benzene ring substituents is 1. The Labute approximate surface area is 267 Å². The third-order valence-electron chi connectivity index (χ3n) is 7.47. The highest BCUT2D eigenvalue weighted by atomic mass is 16.6. The van der Waals surface area contributed by atoms with Crippen LogP contribution >= 0.6 is 0 Å². The SMILES string of the molecule is CC(C)Nc1nc(NCCCCCCNc2ccc([N+](=O)[O-])c3nonc23)nc(NCCC(c2ccccc2)c2ccccc2)n1. The van der Waals surface area contributed by atoms with Crippen LogP contribution in [0.25, 0.3) is 11.0 Å². The molecule has 0 amide bonds. The molecule has 0 aliphatic carbocycles. The van der Waals surface area contributed by atoms with E-state index in [1.54, 1.807) is 6.07 Å². The van der Waals surface area contributed by atoms with Crippen LogP contribution in [0.4, 0.5) is 29.2 Å². The Morgan fingerprint density at radius 1 is 0.696 bits per heavy atom. The summed E-state index contributed by atoms with van der Waals surface area (Å²) in [6.45, 7) is 6.24. The number of aromatic nitrogens is 5. The maximum Gasteiger partial charge on any atom is 0.300 e. The van der Waals surface area contributed by atoms with Crippen LogP contribution in [0.15, 0.2) is 77.4 Å². The lowest BCUT2D eigenvalue weighted by Gasteiger charge is -2.19. The Hall–Kier alpha value is -5.33. The Kier molecular flexibility index (Phi) is 11.2. The van der Waals surface area contributed by atoms with Crippen LogP contribution in [0, 0.1) is 10.1 Å². The van der Waals surface area contributed by atoms with Crippen LogP contribution in [0.3, 0.4) is 0 Å². The average molecular weight is 625 g/mol. The molecule has 3 aromatic carbocycles. The van der Waals surface area contributed by atoms with Crippen LogP contribution in [-0.2, 0) is 0 Å². The zero-order chi connectivity index (χ0) is 32.1. The quantitative estimate of drug-likeness (QED) is 0.0455. The number of hydrogen-bond donors (Lipinski definition) is 4. The number of nitrogens with one attached hydrogen (secondary N) is 4. The van der Waals surface area contributed by atoms with Crippen molar-refractivity contribution in [3.63, 3.8) is 0 Å². The highest BCUT2D eigenvalue weighted by Gasteiger charge is 2.19. The molecule has 0 aliphatic rings. The molecule has 0 spiro atoms. The van der Waals surface area contributed by atoms with E-state index in [0.717, 1.165) is 38.6 Å². The van der Waals surface area contributed by atoms with Crippen LogP contribution < -0.4 is 21.3 Å². The van der Waals surface area contributed by atoms with Gasteiger partial charge in [0.15, 0.2) is 5.52 Å². The lowest BCUT2D eigenvalue weighted by Crippen LogP contribution is -2.17. The van der Waals surface area contributed by atoms with Crippen molar-refractivity contribution in [1.82, 2.24) is 25.3 Å². The molecule has 0 saturated heterocycles. The van der Waals surface area contributed by atoms with Gasteiger partial charge in [-0.05, 0) is 60.6 Å². The van der Waals surface area contributed by atoms with Crippen LogP contribution in [0.1, 0.15) is 63.0 Å². The first-order valence-electron chi connectivity index (χ1n) is 15.7. The molecule has 2 heterocycles. The molecule has 13 heteroatoms. The number of fused-ring (bicyclic) bond motifs is 1. The van der Waals surface area contributed by atoms with E-state index in [-0.39, 0.29) is 23.2 Å². The fourth-order valence-corrected chi connectivity index (χ4v) is 5.25. The standard InChI is InChI=1S/C33H40N10O3/c1-23(2)37-33-39-31(35-21-12-4-3-11-20-34-27-17-18-28(43(44)45)30-29(27)41-46-42-30)38-32(40-33)36-22-19-26(24-13-7-5-8-14-24)25-15-9-6-10-16-25/h5-10,13-18,23,26,34H,3-4,11-12,19-22H2,1-2H3,(H3,35,36,37,38,39,40). The molecule has 46 heavy (non-hydrogen) atoms. The smallest absolute Gasteiger partial charge is 0.300 e. The fraction of sp³-hybridized carbons (Fsp3) is 0.364. The van der Waals surface area contributed by atoms with Gasteiger partial charge in [-0.15, -0.1) is 0 Å². The first kappa shape index (κ1) is 32.1. The van der Waals surface area contributed by atoms with Crippen molar-refractivity contribution in [3.8, 4) is 0 Å². The van der Waals surface area contributed by atoms with E-state index < -0.39 is 4.92 Å². The Morgan fingerprint density at radius 2 is 1.26 bits per heavy atom. The molecular weight excluding hydrogens is 584 g/mol. The van der Waals surface area contributed by atoms with Crippen molar-refractivity contribution in [2.24, 2.45) is 0 Å². The second-order valence-corrected chi connectivity index (χ2v) is 11.3. The van der Waals surface area contributed by atoms with E-state index in [9.17, 15) is 10.1 Å². The van der Waals surface area contributed by atoms with Gasteiger partial charge in [-0.1, -0.05) is 73.5 Å². The van der Waals surface area contributed by atoms with E-state index >= 15 is 0 Å². The van der Waals surface area contributed by atoms with Gasteiger partial charge in [-0.3, -0.25) is 10.1 Å². The number of benzene rings is 3. The number of nitrogens with zero attached hydrogens (tertiary/aromatic N) is 6. The van der Waals surface area contributed by atoms with Crippen molar-refractivity contribution in [1.29, 1.82) is 0 Å². The van der Waals surface area contributed by atoms with Crippen molar-refractivity contribution < 1.29 is 9.55 Å². The maximum absolute atomic E-state index is 11.2. The highest BCUT2D eigenvalue weighted by Crippen LogP contribution is 2.29. The van der Waals surface area contributed by atoms with Gasteiger partial charge in [-0.25, -0.2) is 4.63 Å². The van der Waals surface area contributed by atoms with Crippen molar-refractivity contribution in [3.05, 3.63) is 94.0 Å². The predicted molar refractivity (Wildman–Crippen MR) is 180 cm³/mol. The van der Waals surface area contributed by atoms with E-state index in [2.05, 4.69) is 109 Å². The van der Waals surface area contributed by atoms with Gasteiger partial charge in [0.1, 0.15) is 0 Å². The van der Waals surface area contributed by atoms with Crippen LogP contribution in [-0.4, -0.2) is 55.9 Å². The maximum atomic E-state index is 11.2. The van der Waals surface area contributed by atoms with E-state index in [4.69, 9.17) is 4.63 Å². The molecule has 240 valence electrons. The summed E-state index contributed by atoms with van der Waals surface area (Å²) >= 11 is 0. The monoisotopic (exact) mass is 624 g/mol. The Balaban J connectivity index is 1.08. The van der Waals surface area contributed by atoms with Gasteiger partial charge in [0, 0.05) is 37.7 Å². The van der Waals surface area contributed by atoms with Gasteiger partial charge >= 0.3 is 5.69 Å². The molecule has 5 rings (SSSR count). The molecule has 4 N–H and O–H groups in total. The second-order valence-electron chi connectivity index (χ2n) is 11.3. The zero-order valence-corrected chi connectivity index (χ0v) is 26.1. The normalized spacial score (nSPS) is 11.2. The minimum Gasteiger partial charge on any atom is -0.383 e. The minimum atomic E-state index is -0.491. The molecule has 0 saturated carbocycles. The van der Waals surface area contributed by atoms with Crippen molar-refractivity contribution in [2.45, 2.75) is 57.9 Å². The minimum absolute atomic E-state index is 0.123. The van der Waals surface area contributed by atoms with Crippen molar-refractivity contribution >= 4 is 40.3 Å². The molecule has 0 fully saturated rings. The lowest BCUT2D eigenvalue weighted by atomic mass is 9.88. The summed E-state index contributed by atoms with van der Waals surface area (Å²) in [7, 11) is 0. The van der Waals surface area contributed by atoms with E-state index in [0.29, 0.717) is 42.1 Å². The summed E-state index contributed by atoms with van der Waals surface area (Å²) in [5.74, 6) is 1.86. The molecule has 0 aliphatic heterocycles. The summed E-state index contributed by atoms with van der Waals surface area (Å²) in [5, 5.41) is 32.0. The molecule has 2 aromatic heterocycles. The number of hydrogen-bond acceptors (Lipinski definition) is 12. The van der Waals surface area contributed by atoms with Gasteiger partial charge in [-0.2, -0.15) is 15.0 Å². The summed E-state index contributed by atoms with van der Waals surface area (Å²) in [5.41, 5.74) is 3.62. The number of rotatable bonds is 18. The number of unbranched alkanes of at least 4 members (excludes halogenated alkanes) is 3. The molecular formula is C33H40N10O3. The van der Waals surface area contributed by atoms with E-state index in [1.165, 1.54) is 17.2 Å². The Bertz CT molecular complexity index is 1640. The first-order valence-corrected chi connectivity index (χ1v) is 15.7. The van der Waals surface area contributed by atoms with Gasteiger partial charge < -0.3 is 21.3 Å². The van der Waals surface area contributed by atoms with Gasteiger partial charge in [0.2, 0.25) is 23.4 Å². The van der Waals surface area contributed by atoms with Gasteiger partial charge in [0.25, 0.3) is 0 Å². The molecule has 5 aromatic rings.